The van der Waals surface area contributed by atoms with E-state index in [1.54, 1.807) is 0 Å². The van der Waals surface area contributed by atoms with Gasteiger partial charge in [-0.3, -0.25) is 0 Å². The van der Waals surface area contributed by atoms with Crippen LogP contribution in [0, 0.1) is 5.92 Å². The number of rotatable bonds is 4. The van der Waals surface area contributed by atoms with Gasteiger partial charge in [-0.1, -0.05) is 13.3 Å². The smallest absolute Gasteiger partial charge is 0.417 e. The van der Waals surface area contributed by atoms with Gasteiger partial charge in [-0.25, -0.2) is 4.79 Å². The second-order valence-electron chi connectivity index (χ2n) is 2.52. The lowest BCUT2D eigenvalue weighted by molar-refractivity contribution is 0.247. The van der Waals surface area contributed by atoms with Crippen molar-refractivity contribution in [1.82, 2.24) is 0 Å². The molecule has 51 valence electrons. The van der Waals surface area contributed by atoms with Gasteiger partial charge in [-0.15, -0.1) is 0 Å². The molecular weight excluding hydrogens is 116 g/mol. The lowest BCUT2D eigenvalue weighted by Gasteiger charge is -1.91. The van der Waals surface area contributed by atoms with Gasteiger partial charge in [0.25, 0.3) is 0 Å². The molecule has 2 atom stereocenters. The first-order chi connectivity index (χ1) is 4.38. The standard InChI is InChI=1S/C7H11O2/c1-2-3-6-4-7(6)9-5-8/h6-7H,2-4H2,1H3. The molecule has 0 spiro atoms. The topological polar surface area (TPSA) is 26.3 Å². The van der Waals surface area contributed by atoms with Crippen LogP contribution in [-0.4, -0.2) is 12.6 Å². The summed E-state index contributed by atoms with van der Waals surface area (Å²) in [6, 6.07) is 0. The van der Waals surface area contributed by atoms with Crippen LogP contribution in [0.3, 0.4) is 0 Å². The van der Waals surface area contributed by atoms with Gasteiger partial charge in [0.05, 0.1) is 0 Å². The normalized spacial score (nSPS) is 31.7. The van der Waals surface area contributed by atoms with E-state index in [0.29, 0.717) is 5.92 Å². The van der Waals surface area contributed by atoms with Gasteiger partial charge in [-0.2, -0.15) is 0 Å². The Morgan fingerprint density at radius 3 is 3.11 bits per heavy atom. The molecule has 0 aromatic rings. The maximum absolute atomic E-state index is 9.66. The first-order valence-electron chi connectivity index (χ1n) is 3.41. The van der Waals surface area contributed by atoms with Gasteiger partial charge >= 0.3 is 6.47 Å². The molecule has 0 aliphatic heterocycles. The largest absolute Gasteiger partial charge is 0.454 e. The Hall–Kier alpha value is -0.530. The highest BCUT2D eigenvalue weighted by Gasteiger charge is 2.38. The van der Waals surface area contributed by atoms with E-state index < -0.39 is 0 Å². The van der Waals surface area contributed by atoms with Crippen LogP contribution in [0.4, 0.5) is 0 Å². The minimum absolute atomic E-state index is 0.211. The van der Waals surface area contributed by atoms with Crippen LogP contribution < -0.4 is 0 Å². The van der Waals surface area contributed by atoms with Crippen LogP contribution in [0.25, 0.3) is 0 Å². The van der Waals surface area contributed by atoms with Crippen LogP contribution >= 0.6 is 0 Å². The predicted octanol–water partition coefficient (Wildman–Crippen LogP) is 1.26. The summed E-state index contributed by atoms with van der Waals surface area (Å²) in [5.41, 5.74) is 0. The Morgan fingerprint density at radius 1 is 1.78 bits per heavy atom. The molecule has 0 N–H and O–H groups in total. The Kier molecular flexibility index (Phi) is 2.09. The summed E-state index contributed by atoms with van der Waals surface area (Å²) in [5.74, 6) is 0.649. The van der Waals surface area contributed by atoms with E-state index in [-0.39, 0.29) is 6.10 Å². The molecule has 0 saturated heterocycles. The molecule has 0 aromatic heterocycles. The van der Waals surface area contributed by atoms with Gasteiger partial charge in [-0.05, 0) is 18.8 Å². The molecule has 1 rings (SSSR count). The van der Waals surface area contributed by atoms with Crippen molar-refractivity contribution in [2.45, 2.75) is 32.3 Å². The van der Waals surface area contributed by atoms with Crippen LogP contribution in [0.5, 0.6) is 0 Å². The minimum atomic E-state index is 0.211. The summed E-state index contributed by atoms with van der Waals surface area (Å²) >= 11 is 0. The Balaban J connectivity index is 2.02. The molecule has 9 heavy (non-hydrogen) atoms. The summed E-state index contributed by atoms with van der Waals surface area (Å²) < 4.78 is 4.61. The molecule has 2 nitrogen and oxygen atoms in total. The van der Waals surface area contributed by atoms with Gasteiger partial charge in [0, 0.05) is 0 Å². The molecule has 2 heteroatoms. The van der Waals surface area contributed by atoms with Crippen molar-refractivity contribution in [3.05, 3.63) is 0 Å². The lowest BCUT2D eigenvalue weighted by Crippen LogP contribution is -1.93. The highest BCUT2D eigenvalue weighted by Crippen LogP contribution is 2.36. The van der Waals surface area contributed by atoms with E-state index in [1.807, 2.05) is 0 Å². The van der Waals surface area contributed by atoms with Crippen molar-refractivity contribution >= 4 is 6.47 Å². The highest BCUT2D eigenvalue weighted by molar-refractivity contribution is 5.39. The van der Waals surface area contributed by atoms with Crippen LogP contribution in [0.15, 0.2) is 0 Å². The molecule has 2 unspecified atom stereocenters. The Morgan fingerprint density at radius 2 is 2.56 bits per heavy atom. The van der Waals surface area contributed by atoms with Crippen LogP contribution in [0.2, 0.25) is 0 Å². The highest BCUT2D eigenvalue weighted by atomic mass is 16.5. The average Bonchev–Trinajstić information content (AvgIpc) is 2.50. The summed E-state index contributed by atoms with van der Waals surface area (Å²) in [7, 11) is 0. The zero-order chi connectivity index (χ0) is 6.69. The summed E-state index contributed by atoms with van der Waals surface area (Å²) in [6.45, 7) is 3.61. The fourth-order valence-corrected chi connectivity index (χ4v) is 1.10. The Bertz CT molecular complexity index is 101. The molecule has 0 amide bonds. The second kappa shape index (κ2) is 2.85. The molecular formula is C7H11O2. The first kappa shape index (κ1) is 6.59. The predicted molar refractivity (Wildman–Crippen MR) is 33.6 cm³/mol. The third-order valence-electron chi connectivity index (χ3n) is 1.72. The van der Waals surface area contributed by atoms with E-state index in [9.17, 15) is 4.79 Å². The van der Waals surface area contributed by atoms with E-state index in [2.05, 4.69) is 11.7 Å². The lowest BCUT2D eigenvalue weighted by atomic mass is 10.2. The maximum atomic E-state index is 9.66. The molecule has 1 aliphatic rings. The van der Waals surface area contributed by atoms with Gasteiger partial charge < -0.3 is 4.74 Å². The summed E-state index contributed by atoms with van der Waals surface area (Å²) in [5, 5.41) is 0. The van der Waals surface area contributed by atoms with Crippen molar-refractivity contribution in [1.29, 1.82) is 0 Å². The molecule has 0 bridgehead atoms. The fourth-order valence-electron chi connectivity index (χ4n) is 1.10. The zero-order valence-corrected chi connectivity index (χ0v) is 5.59. The Labute approximate surface area is 55.2 Å². The monoisotopic (exact) mass is 127 g/mol. The third-order valence-corrected chi connectivity index (χ3v) is 1.72. The SMILES string of the molecule is CCCC1CC1O[C]=O. The van der Waals surface area contributed by atoms with E-state index in [0.717, 1.165) is 6.42 Å². The van der Waals surface area contributed by atoms with Crippen LogP contribution in [0.1, 0.15) is 26.2 Å². The summed E-state index contributed by atoms with van der Waals surface area (Å²) in [4.78, 5) is 9.66. The van der Waals surface area contributed by atoms with Crippen molar-refractivity contribution in [2.24, 2.45) is 5.92 Å². The molecule has 1 aliphatic carbocycles. The third kappa shape index (κ3) is 1.70. The molecule has 0 heterocycles. The maximum Gasteiger partial charge on any atom is 0.417 e. The van der Waals surface area contributed by atoms with Crippen molar-refractivity contribution in [2.75, 3.05) is 0 Å². The van der Waals surface area contributed by atoms with Gasteiger partial charge in [0.1, 0.15) is 6.10 Å². The quantitative estimate of drug-likeness (QED) is 0.568. The number of hydrogen-bond acceptors (Lipinski definition) is 2. The minimum Gasteiger partial charge on any atom is -0.454 e. The molecule has 1 saturated carbocycles. The second-order valence-corrected chi connectivity index (χ2v) is 2.52. The summed E-state index contributed by atoms with van der Waals surface area (Å²) in [6.07, 6.45) is 3.64. The molecule has 1 fully saturated rings. The van der Waals surface area contributed by atoms with Crippen molar-refractivity contribution in [3.8, 4) is 0 Å². The van der Waals surface area contributed by atoms with Gasteiger partial charge in [0.15, 0.2) is 0 Å². The number of carbonyl (C=O) groups excluding carboxylic acids is 1. The van der Waals surface area contributed by atoms with Gasteiger partial charge in [0.2, 0.25) is 0 Å². The van der Waals surface area contributed by atoms with Crippen LogP contribution in [-0.2, 0) is 9.53 Å². The number of hydrogen-bond donors (Lipinski definition) is 0. The first-order valence-corrected chi connectivity index (χ1v) is 3.41. The van der Waals surface area contributed by atoms with Crippen molar-refractivity contribution in [3.63, 3.8) is 0 Å². The number of ether oxygens (including phenoxy) is 1. The van der Waals surface area contributed by atoms with E-state index >= 15 is 0 Å². The average molecular weight is 127 g/mol. The molecule has 0 aromatic carbocycles. The van der Waals surface area contributed by atoms with E-state index in [1.165, 1.54) is 19.3 Å². The zero-order valence-electron chi connectivity index (χ0n) is 5.59. The van der Waals surface area contributed by atoms with E-state index in [4.69, 9.17) is 0 Å². The van der Waals surface area contributed by atoms with Crippen molar-refractivity contribution < 1.29 is 9.53 Å². The fraction of sp³-hybridized carbons (Fsp3) is 0.857. The molecule has 1 radical (unpaired) electrons.